The Labute approximate surface area is 98.8 Å². The molecule has 0 aliphatic rings. The summed E-state index contributed by atoms with van der Waals surface area (Å²) in [5, 5.41) is 14.6. The fourth-order valence-corrected chi connectivity index (χ4v) is 2.18. The van der Waals surface area contributed by atoms with Crippen LogP contribution in [0.2, 0.25) is 0 Å². The molecule has 4 heteroatoms. The molecule has 0 spiro atoms. The largest absolute Gasteiger partial charge is 0.506 e. The minimum atomic E-state index is 0.204. The Morgan fingerprint density at radius 3 is 2.94 bits per heavy atom. The molecule has 0 bridgehead atoms. The highest BCUT2D eigenvalue weighted by Crippen LogP contribution is 2.18. The van der Waals surface area contributed by atoms with Crippen molar-refractivity contribution >= 4 is 11.3 Å². The number of thiophene rings is 1. The average molecular weight is 234 g/mol. The van der Waals surface area contributed by atoms with Crippen molar-refractivity contribution in [3.05, 3.63) is 46.4 Å². The van der Waals surface area contributed by atoms with E-state index >= 15 is 0 Å². The Bertz CT molecular complexity index is 425. The van der Waals surface area contributed by atoms with Gasteiger partial charge in [0.1, 0.15) is 5.75 Å². The van der Waals surface area contributed by atoms with E-state index in [1.165, 1.54) is 11.1 Å². The molecule has 2 aromatic heterocycles. The van der Waals surface area contributed by atoms with E-state index in [1.807, 2.05) is 6.07 Å². The molecular formula is C12H14N2OS. The summed E-state index contributed by atoms with van der Waals surface area (Å²) in [5.74, 6) is 0.204. The van der Waals surface area contributed by atoms with Gasteiger partial charge in [-0.2, -0.15) is 0 Å². The molecule has 2 aromatic rings. The third-order valence-electron chi connectivity index (χ3n) is 2.37. The second kappa shape index (κ2) is 5.09. The van der Waals surface area contributed by atoms with Gasteiger partial charge in [0.05, 0.1) is 11.9 Å². The summed E-state index contributed by atoms with van der Waals surface area (Å²) in [5.41, 5.74) is 0.932. The van der Waals surface area contributed by atoms with Gasteiger partial charge in [0.25, 0.3) is 0 Å². The van der Waals surface area contributed by atoms with Crippen molar-refractivity contribution in [2.45, 2.75) is 19.5 Å². The SMILES string of the molecule is C[C@H](NCc1ccc(O)cn1)c1cccs1. The number of nitrogens with zero attached hydrogens (tertiary/aromatic N) is 1. The van der Waals surface area contributed by atoms with Gasteiger partial charge in [-0.3, -0.25) is 4.98 Å². The molecule has 2 rings (SSSR count). The van der Waals surface area contributed by atoms with Crippen LogP contribution in [0, 0.1) is 0 Å². The van der Waals surface area contributed by atoms with Crippen molar-refractivity contribution in [2.75, 3.05) is 0 Å². The van der Waals surface area contributed by atoms with E-state index in [1.54, 1.807) is 17.4 Å². The molecule has 3 nitrogen and oxygen atoms in total. The summed E-state index contributed by atoms with van der Waals surface area (Å²) in [4.78, 5) is 5.44. The van der Waals surface area contributed by atoms with Crippen LogP contribution in [0.15, 0.2) is 35.8 Å². The molecule has 2 heterocycles. The van der Waals surface area contributed by atoms with Crippen molar-refractivity contribution in [3.8, 4) is 5.75 Å². The maximum atomic E-state index is 9.10. The molecule has 0 saturated heterocycles. The molecule has 0 aliphatic carbocycles. The molecule has 0 aliphatic heterocycles. The summed E-state index contributed by atoms with van der Waals surface area (Å²) in [6, 6.07) is 7.97. The summed E-state index contributed by atoms with van der Waals surface area (Å²) in [6.07, 6.45) is 1.47. The van der Waals surface area contributed by atoms with Crippen LogP contribution in [0.4, 0.5) is 0 Å². The number of nitrogens with one attached hydrogen (secondary N) is 1. The molecule has 0 radical (unpaired) electrons. The zero-order chi connectivity index (χ0) is 11.4. The van der Waals surface area contributed by atoms with Gasteiger partial charge >= 0.3 is 0 Å². The second-order valence-electron chi connectivity index (χ2n) is 3.63. The topological polar surface area (TPSA) is 45.1 Å². The summed E-state index contributed by atoms with van der Waals surface area (Å²) in [6.45, 7) is 2.84. The lowest BCUT2D eigenvalue weighted by molar-refractivity contribution is 0.471. The third-order valence-corrected chi connectivity index (χ3v) is 3.42. The van der Waals surface area contributed by atoms with Gasteiger partial charge in [-0.15, -0.1) is 11.3 Å². The lowest BCUT2D eigenvalue weighted by Crippen LogP contribution is -2.17. The predicted molar refractivity (Wildman–Crippen MR) is 65.5 cm³/mol. The first-order valence-corrected chi connectivity index (χ1v) is 6.04. The van der Waals surface area contributed by atoms with E-state index in [2.05, 4.69) is 34.7 Å². The van der Waals surface area contributed by atoms with Crippen LogP contribution in [-0.2, 0) is 6.54 Å². The van der Waals surface area contributed by atoms with Crippen molar-refractivity contribution < 1.29 is 5.11 Å². The number of hydrogen-bond acceptors (Lipinski definition) is 4. The van der Waals surface area contributed by atoms with Crippen LogP contribution in [0.3, 0.4) is 0 Å². The molecule has 0 fully saturated rings. The third kappa shape index (κ3) is 2.81. The van der Waals surface area contributed by atoms with Gasteiger partial charge in [0.2, 0.25) is 0 Å². The average Bonchev–Trinajstić information content (AvgIpc) is 2.81. The number of aromatic nitrogens is 1. The van der Waals surface area contributed by atoms with Crippen molar-refractivity contribution in [2.24, 2.45) is 0 Å². The molecule has 84 valence electrons. The monoisotopic (exact) mass is 234 g/mol. The minimum absolute atomic E-state index is 0.204. The van der Waals surface area contributed by atoms with E-state index in [9.17, 15) is 0 Å². The van der Waals surface area contributed by atoms with E-state index < -0.39 is 0 Å². The molecule has 1 atom stereocenters. The molecule has 0 amide bonds. The van der Waals surface area contributed by atoms with Crippen molar-refractivity contribution in [3.63, 3.8) is 0 Å². The smallest absolute Gasteiger partial charge is 0.133 e. The van der Waals surface area contributed by atoms with Gasteiger partial charge in [-0.25, -0.2) is 0 Å². The summed E-state index contributed by atoms with van der Waals surface area (Å²) >= 11 is 1.75. The number of aromatic hydroxyl groups is 1. The Kier molecular flexibility index (Phi) is 3.54. The normalized spacial score (nSPS) is 12.6. The maximum absolute atomic E-state index is 9.10. The highest BCUT2D eigenvalue weighted by atomic mass is 32.1. The quantitative estimate of drug-likeness (QED) is 0.855. The summed E-state index contributed by atoms with van der Waals surface area (Å²) in [7, 11) is 0. The van der Waals surface area contributed by atoms with E-state index in [-0.39, 0.29) is 5.75 Å². The zero-order valence-electron chi connectivity index (χ0n) is 9.05. The second-order valence-corrected chi connectivity index (χ2v) is 4.61. The highest BCUT2D eigenvalue weighted by molar-refractivity contribution is 7.10. The van der Waals surface area contributed by atoms with E-state index in [0.717, 1.165) is 5.69 Å². The lowest BCUT2D eigenvalue weighted by atomic mass is 10.2. The Balaban J connectivity index is 1.90. The van der Waals surface area contributed by atoms with Crippen LogP contribution in [-0.4, -0.2) is 10.1 Å². The molecule has 0 aromatic carbocycles. The highest BCUT2D eigenvalue weighted by Gasteiger charge is 2.05. The Morgan fingerprint density at radius 1 is 1.44 bits per heavy atom. The molecular weight excluding hydrogens is 220 g/mol. The van der Waals surface area contributed by atoms with Crippen molar-refractivity contribution in [1.29, 1.82) is 0 Å². The lowest BCUT2D eigenvalue weighted by Gasteiger charge is -2.11. The molecule has 2 N–H and O–H groups in total. The fraction of sp³-hybridized carbons (Fsp3) is 0.250. The van der Waals surface area contributed by atoms with Gasteiger partial charge in [-0.1, -0.05) is 6.07 Å². The predicted octanol–water partition coefficient (Wildman–Crippen LogP) is 2.70. The van der Waals surface area contributed by atoms with Crippen LogP contribution < -0.4 is 5.32 Å². The van der Waals surface area contributed by atoms with Gasteiger partial charge in [-0.05, 0) is 30.5 Å². The zero-order valence-corrected chi connectivity index (χ0v) is 9.87. The minimum Gasteiger partial charge on any atom is -0.506 e. The number of hydrogen-bond donors (Lipinski definition) is 2. The Hall–Kier alpha value is -1.39. The van der Waals surface area contributed by atoms with Gasteiger partial charge < -0.3 is 10.4 Å². The van der Waals surface area contributed by atoms with Crippen molar-refractivity contribution in [1.82, 2.24) is 10.3 Å². The summed E-state index contributed by atoms with van der Waals surface area (Å²) < 4.78 is 0. The first-order valence-electron chi connectivity index (χ1n) is 5.16. The maximum Gasteiger partial charge on any atom is 0.133 e. The number of pyridine rings is 1. The van der Waals surface area contributed by atoms with Gasteiger partial charge in [0, 0.05) is 17.5 Å². The van der Waals surface area contributed by atoms with Gasteiger partial charge in [0.15, 0.2) is 0 Å². The molecule has 0 saturated carbocycles. The fourth-order valence-electron chi connectivity index (χ4n) is 1.42. The first-order chi connectivity index (χ1) is 7.75. The van der Waals surface area contributed by atoms with Crippen LogP contribution in [0.1, 0.15) is 23.5 Å². The number of rotatable bonds is 4. The molecule has 16 heavy (non-hydrogen) atoms. The van der Waals surface area contributed by atoms with Crippen LogP contribution >= 0.6 is 11.3 Å². The Morgan fingerprint density at radius 2 is 2.31 bits per heavy atom. The van der Waals surface area contributed by atoms with Crippen LogP contribution in [0.25, 0.3) is 0 Å². The molecule has 0 unspecified atom stereocenters. The standard InChI is InChI=1S/C12H14N2OS/c1-9(12-3-2-6-16-12)13-7-10-4-5-11(15)8-14-10/h2-6,8-9,13,15H,7H2,1H3/t9-/m0/s1. The first kappa shape index (κ1) is 11.1. The van der Waals surface area contributed by atoms with E-state index in [4.69, 9.17) is 5.11 Å². The van der Waals surface area contributed by atoms with E-state index in [0.29, 0.717) is 12.6 Å². The van der Waals surface area contributed by atoms with Crippen LogP contribution in [0.5, 0.6) is 5.75 Å².